The van der Waals surface area contributed by atoms with E-state index in [1.807, 2.05) is 24.5 Å². The third-order valence-electron chi connectivity index (χ3n) is 4.87. The summed E-state index contributed by atoms with van der Waals surface area (Å²) in [6.07, 6.45) is 2.87. The van der Waals surface area contributed by atoms with Crippen LogP contribution in [0.25, 0.3) is 0 Å². The first-order chi connectivity index (χ1) is 14.8. The number of amides is 1. The van der Waals surface area contributed by atoms with Gasteiger partial charge in [0.2, 0.25) is 10.0 Å². The van der Waals surface area contributed by atoms with Gasteiger partial charge in [-0.2, -0.15) is 4.31 Å². The molecule has 1 fully saturated rings. The van der Waals surface area contributed by atoms with Crippen LogP contribution in [-0.4, -0.2) is 50.6 Å². The van der Waals surface area contributed by atoms with E-state index >= 15 is 0 Å². The monoisotopic (exact) mass is 466 g/mol. The lowest BCUT2D eigenvalue weighted by molar-refractivity contribution is -0.152. The standard InChI is InChI=1S/C21H23FN2O5S2/c1-30-18-6-2-5-17(12-18)23-20(25)14-29-21(26)15-4-3-11-24(13-15)31(27,28)19-9-7-16(22)8-10-19/h2,5-10,12,15H,3-4,11,13-14H2,1H3,(H,23,25). The van der Waals surface area contributed by atoms with Gasteiger partial charge in [-0.05, 0) is 61.6 Å². The lowest BCUT2D eigenvalue weighted by atomic mass is 10.00. The maximum atomic E-state index is 13.1. The highest BCUT2D eigenvalue weighted by molar-refractivity contribution is 7.98. The summed E-state index contributed by atoms with van der Waals surface area (Å²) in [4.78, 5) is 25.5. The summed E-state index contributed by atoms with van der Waals surface area (Å²) in [5, 5.41) is 2.67. The normalized spacial score (nSPS) is 17.2. The van der Waals surface area contributed by atoms with E-state index in [2.05, 4.69) is 5.32 Å². The topological polar surface area (TPSA) is 92.8 Å². The van der Waals surface area contributed by atoms with Gasteiger partial charge in [-0.25, -0.2) is 12.8 Å². The first-order valence-electron chi connectivity index (χ1n) is 9.66. The number of esters is 1. The summed E-state index contributed by atoms with van der Waals surface area (Å²) >= 11 is 1.54. The molecule has 10 heteroatoms. The third kappa shape index (κ3) is 6.05. The molecule has 1 heterocycles. The van der Waals surface area contributed by atoms with Crippen molar-refractivity contribution in [1.82, 2.24) is 4.31 Å². The van der Waals surface area contributed by atoms with Gasteiger partial charge in [0, 0.05) is 23.7 Å². The molecule has 0 radical (unpaired) electrons. The van der Waals surface area contributed by atoms with Crippen molar-refractivity contribution in [2.24, 2.45) is 5.92 Å². The molecule has 0 aliphatic carbocycles. The van der Waals surface area contributed by atoms with E-state index in [9.17, 15) is 22.4 Å². The third-order valence-corrected chi connectivity index (χ3v) is 7.47. The van der Waals surface area contributed by atoms with Crippen molar-refractivity contribution in [3.8, 4) is 0 Å². The van der Waals surface area contributed by atoms with Crippen LogP contribution in [0.4, 0.5) is 10.1 Å². The number of halogens is 1. The number of piperidine rings is 1. The number of ether oxygens (including phenoxy) is 1. The molecule has 0 spiro atoms. The predicted octanol–water partition coefficient (Wildman–Crippen LogP) is 3.13. The SMILES string of the molecule is CSc1cccc(NC(=O)COC(=O)C2CCCN(S(=O)(=O)c3ccc(F)cc3)C2)c1. The minimum Gasteiger partial charge on any atom is -0.455 e. The number of thioether (sulfide) groups is 1. The van der Waals surface area contributed by atoms with Gasteiger partial charge in [-0.1, -0.05) is 6.07 Å². The van der Waals surface area contributed by atoms with E-state index in [-0.39, 0.29) is 18.0 Å². The van der Waals surface area contributed by atoms with Crippen molar-refractivity contribution in [2.45, 2.75) is 22.6 Å². The highest BCUT2D eigenvalue weighted by Crippen LogP contribution is 2.25. The van der Waals surface area contributed by atoms with E-state index in [0.717, 1.165) is 17.0 Å². The smallest absolute Gasteiger partial charge is 0.310 e. The van der Waals surface area contributed by atoms with Crippen LogP contribution in [0.1, 0.15) is 12.8 Å². The summed E-state index contributed by atoms with van der Waals surface area (Å²) in [6, 6.07) is 11.8. The minimum atomic E-state index is -3.85. The lowest BCUT2D eigenvalue weighted by Gasteiger charge is -2.30. The number of hydrogen-bond donors (Lipinski definition) is 1. The van der Waals surface area contributed by atoms with Gasteiger partial charge >= 0.3 is 5.97 Å². The maximum Gasteiger partial charge on any atom is 0.310 e. The molecule has 1 atom stereocenters. The molecule has 0 bridgehead atoms. The van der Waals surface area contributed by atoms with Crippen LogP contribution < -0.4 is 5.32 Å². The zero-order chi connectivity index (χ0) is 22.4. The molecule has 31 heavy (non-hydrogen) atoms. The molecule has 1 amide bonds. The molecule has 0 saturated carbocycles. The minimum absolute atomic E-state index is 0.0326. The highest BCUT2D eigenvalue weighted by atomic mass is 32.2. The van der Waals surface area contributed by atoms with E-state index in [1.165, 1.54) is 28.2 Å². The van der Waals surface area contributed by atoms with Crippen molar-refractivity contribution < 1.29 is 27.1 Å². The second-order valence-electron chi connectivity index (χ2n) is 7.04. The van der Waals surface area contributed by atoms with Crippen molar-refractivity contribution in [3.05, 3.63) is 54.3 Å². The molecule has 0 aromatic heterocycles. The zero-order valence-electron chi connectivity index (χ0n) is 16.9. The van der Waals surface area contributed by atoms with Gasteiger partial charge in [-0.3, -0.25) is 9.59 Å². The molecule has 3 rings (SSSR count). The molecule has 1 N–H and O–H groups in total. The summed E-state index contributed by atoms with van der Waals surface area (Å²) in [5.41, 5.74) is 0.599. The fourth-order valence-electron chi connectivity index (χ4n) is 3.26. The van der Waals surface area contributed by atoms with Gasteiger partial charge in [0.05, 0.1) is 10.8 Å². The number of hydrogen-bond acceptors (Lipinski definition) is 6. The highest BCUT2D eigenvalue weighted by Gasteiger charge is 2.34. The van der Waals surface area contributed by atoms with Crippen LogP contribution in [0.5, 0.6) is 0 Å². The Hall–Kier alpha value is -2.43. The number of rotatable bonds is 7. The predicted molar refractivity (Wildman–Crippen MR) is 116 cm³/mol. The molecule has 7 nitrogen and oxygen atoms in total. The van der Waals surface area contributed by atoms with Crippen molar-refractivity contribution >= 4 is 39.3 Å². The second kappa shape index (κ2) is 10.3. The Morgan fingerprint density at radius 1 is 1.23 bits per heavy atom. The fraction of sp³-hybridized carbons (Fsp3) is 0.333. The summed E-state index contributed by atoms with van der Waals surface area (Å²) in [7, 11) is -3.85. The number of sulfonamides is 1. The number of nitrogens with one attached hydrogen (secondary N) is 1. The lowest BCUT2D eigenvalue weighted by Crippen LogP contribution is -2.43. The van der Waals surface area contributed by atoms with Crippen LogP contribution in [0.2, 0.25) is 0 Å². The first-order valence-corrected chi connectivity index (χ1v) is 12.3. The van der Waals surface area contributed by atoms with Crippen molar-refractivity contribution in [2.75, 3.05) is 31.3 Å². The number of carbonyl (C=O) groups excluding carboxylic acids is 2. The molecule has 1 saturated heterocycles. The molecule has 166 valence electrons. The van der Waals surface area contributed by atoms with E-state index in [0.29, 0.717) is 18.5 Å². The number of nitrogens with zero attached hydrogens (tertiary/aromatic N) is 1. The molecular formula is C21H23FN2O5S2. The van der Waals surface area contributed by atoms with E-state index < -0.39 is 40.2 Å². The second-order valence-corrected chi connectivity index (χ2v) is 9.86. The van der Waals surface area contributed by atoms with Crippen LogP contribution in [-0.2, 0) is 24.3 Å². The summed E-state index contributed by atoms with van der Waals surface area (Å²) in [5.74, 6) is -2.29. The van der Waals surface area contributed by atoms with Crippen molar-refractivity contribution in [1.29, 1.82) is 0 Å². The van der Waals surface area contributed by atoms with Gasteiger partial charge in [0.15, 0.2) is 6.61 Å². The molecule has 1 aliphatic rings. The average molecular weight is 467 g/mol. The molecule has 2 aromatic carbocycles. The Kier molecular flexibility index (Phi) is 7.69. The Bertz CT molecular complexity index is 1040. The van der Waals surface area contributed by atoms with Gasteiger partial charge < -0.3 is 10.1 Å². The van der Waals surface area contributed by atoms with Crippen LogP contribution in [0.15, 0.2) is 58.3 Å². The number of benzene rings is 2. The number of anilines is 1. The van der Waals surface area contributed by atoms with Crippen LogP contribution in [0.3, 0.4) is 0 Å². The summed E-state index contributed by atoms with van der Waals surface area (Å²) < 4.78 is 45.0. The molecule has 1 unspecified atom stereocenters. The fourth-order valence-corrected chi connectivity index (χ4v) is 5.24. The largest absolute Gasteiger partial charge is 0.455 e. The number of carbonyl (C=O) groups is 2. The van der Waals surface area contributed by atoms with Crippen LogP contribution >= 0.6 is 11.8 Å². The van der Waals surface area contributed by atoms with Gasteiger partial charge in [0.1, 0.15) is 5.82 Å². The molecule has 1 aliphatic heterocycles. The van der Waals surface area contributed by atoms with E-state index in [4.69, 9.17) is 4.74 Å². The Morgan fingerprint density at radius 2 is 1.97 bits per heavy atom. The molecule has 2 aromatic rings. The van der Waals surface area contributed by atoms with E-state index in [1.54, 1.807) is 6.07 Å². The zero-order valence-corrected chi connectivity index (χ0v) is 18.5. The maximum absolute atomic E-state index is 13.1. The molecular weight excluding hydrogens is 443 g/mol. The van der Waals surface area contributed by atoms with Gasteiger partial charge in [0.25, 0.3) is 5.91 Å². The summed E-state index contributed by atoms with van der Waals surface area (Å²) in [6.45, 7) is -0.241. The van der Waals surface area contributed by atoms with Gasteiger partial charge in [-0.15, -0.1) is 11.8 Å². The Morgan fingerprint density at radius 3 is 2.68 bits per heavy atom. The first kappa shape index (κ1) is 23.2. The Balaban J connectivity index is 1.55. The van der Waals surface area contributed by atoms with Crippen LogP contribution in [0, 0.1) is 11.7 Å². The quantitative estimate of drug-likeness (QED) is 0.498. The Labute approximate surface area is 185 Å². The van der Waals surface area contributed by atoms with Crippen molar-refractivity contribution in [3.63, 3.8) is 0 Å². The average Bonchev–Trinajstić information content (AvgIpc) is 2.78.